The first-order valence-electron chi connectivity index (χ1n) is 6.59. The molecule has 2 heterocycles. The minimum atomic E-state index is -0.274. The maximum atomic E-state index is 12.2. The Morgan fingerprint density at radius 1 is 1.22 bits per heavy atom. The average Bonchev–Trinajstić information content (AvgIpc) is 3.24. The van der Waals surface area contributed by atoms with Crippen molar-refractivity contribution < 1.29 is 4.79 Å². The minimum absolute atomic E-state index is 0.0837. The highest BCUT2D eigenvalue weighted by Crippen LogP contribution is 2.26. The number of benzene rings is 1. The zero-order valence-corrected chi connectivity index (χ0v) is 14.1. The van der Waals surface area contributed by atoms with Crippen molar-refractivity contribution in [3.05, 3.63) is 68.3 Å². The monoisotopic (exact) mass is 356 g/mol. The molecule has 2 aromatic heterocycles. The Balaban J connectivity index is 1.89. The van der Waals surface area contributed by atoms with E-state index in [1.54, 1.807) is 24.3 Å². The van der Waals surface area contributed by atoms with Crippen LogP contribution in [0.1, 0.15) is 15.4 Å². The van der Waals surface area contributed by atoms with Crippen LogP contribution in [0.15, 0.2) is 52.7 Å². The number of ketones is 1. The van der Waals surface area contributed by atoms with Crippen LogP contribution in [0.4, 0.5) is 0 Å². The SMILES string of the molecule is N#C/C(=C\c1csc(-c2ccc(Cl)cc2)n1)C(=O)c1cccs1. The summed E-state index contributed by atoms with van der Waals surface area (Å²) in [6.45, 7) is 0. The van der Waals surface area contributed by atoms with Crippen LogP contribution in [0, 0.1) is 11.3 Å². The van der Waals surface area contributed by atoms with Crippen molar-refractivity contribution >= 4 is 46.1 Å². The molecule has 0 aliphatic carbocycles. The summed E-state index contributed by atoms with van der Waals surface area (Å²) in [5, 5.41) is 14.3. The molecule has 0 saturated heterocycles. The van der Waals surface area contributed by atoms with E-state index < -0.39 is 0 Å². The Hall–Kier alpha value is -2.26. The molecule has 3 rings (SSSR count). The molecule has 3 aromatic rings. The Morgan fingerprint density at radius 3 is 2.65 bits per heavy atom. The molecule has 1 aromatic carbocycles. The Morgan fingerprint density at radius 2 is 2.00 bits per heavy atom. The van der Waals surface area contributed by atoms with Crippen LogP contribution in [-0.4, -0.2) is 10.8 Å². The van der Waals surface area contributed by atoms with E-state index in [2.05, 4.69) is 4.98 Å². The Bertz CT molecular complexity index is 903. The quantitative estimate of drug-likeness (QED) is 0.361. The number of Topliss-reactive ketones (excluding diaryl/α,β-unsaturated/α-hetero) is 1. The van der Waals surface area contributed by atoms with Crippen LogP contribution in [0.5, 0.6) is 0 Å². The molecule has 0 unspecified atom stereocenters. The number of carbonyl (C=O) groups excluding carboxylic acids is 1. The van der Waals surface area contributed by atoms with Gasteiger partial charge in [-0.25, -0.2) is 4.98 Å². The minimum Gasteiger partial charge on any atom is -0.287 e. The lowest BCUT2D eigenvalue weighted by Crippen LogP contribution is -1.98. The van der Waals surface area contributed by atoms with E-state index in [-0.39, 0.29) is 11.4 Å². The molecule has 0 aliphatic heterocycles. The fourth-order valence-electron chi connectivity index (χ4n) is 1.91. The second kappa shape index (κ2) is 6.88. The van der Waals surface area contributed by atoms with Crippen LogP contribution < -0.4 is 0 Å². The van der Waals surface area contributed by atoms with Gasteiger partial charge in [0.05, 0.1) is 10.6 Å². The first-order chi connectivity index (χ1) is 11.2. The zero-order chi connectivity index (χ0) is 16.2. The van der Waals surface area contributed by atoms with Gasteiger partial charge in [-0.15, -0.1) is 22.7 Å². The van der Waals surface area contributed by atoms with E-state index in [1.807, 2.05) is 29.0 Å². The standard InChI is InChI=1S/C17H9ClN2OS2/c18-13-5-3-11(4-6-13)17-20-14(10-23-17)8-12(9-19)16(21)15-2-1-7-22-15/h1-8,10H/b12-8+. The molecule has 3 nitrogen and oxygen atoms in total. The summed E-state index contributed by atoms with van der Waals surface area (Å²) < 4.78 is 0. The van der Waals surface area contributed by atoms with Gasteiger partial charge in [0.15, 0.2) is 0 Å². The first kappa shape index (κ1) is 15.6. The number of rotatable bonds is 4. The van der Waals surface area contributed by atoms with E-state index in [4.69, 9.17) is 11.6 Å². The number of thiazole rings is 1. The molecule has 0 fully saturated rings. The van der Waals surface area contributed by atoms with Gasteiger partial charge in [-0.1, -0.05) is 29.8 Å². The molecule has 0 radical (unpaired) electrons. The van der Waals surface area contributed by atoms with Crippen LogP contribution in [0.25, 0.3) is 16.6 Å². The second-order valence-electron chi connectivity index (χ2n) is 4.56. The molecule has 0 N–H and O–H groups in total. The van der Waals surface area contributed by atoms with Gasteiger partial charge in [0, 0.05) is 16.0 Å². The molecule has 0 aliphatic rings. The summed E-state index contributed by atoms with van der Waals surface area (Å²) in [4.78, 5) is 17.2. The lowest BCUT2D eigenvalue weighted by Gasteiger charge is -1.96. The van der Waals surface area contributed by atoms with Crippen molar-refractivity contribution in [1.29, 1.82) is 5.26 Å². The lowest BCUT2D eigenvalue weighted by molar-refractivity contribution is 0.104. The van der Waals surface area contributed by atoms with Gasteiger partial charge < -0.3 is 0 Å². The smallest absolute Gasteiger partial charge is 0.213 e. The fourth-order valence-corrected chi connectivity index (χ4v) is 3.50. The van der Waals surface area contributed by atoms with Crippen LogP contribution in [-0.2, 0) is 0 Å². The van der Waals surface area contributed by atoms with E-state index >= 15 is 0 Å². The van der Waals surface area contributed by atoms with Crippen molar-refractivity contribution in [2.75, 3.05) is 0 Å². The molecular weight excluding hydrogens is 348 g/mol. The molecule has 112 valence electrons. The number of hydrogen-bond acceptors (Lipinski definition) is 5. The van der Waals surface area contributed by atoms with Crippen molar-refractivity contribution in [3.63, 3.8) is 0 Å². The summed E-state index contributed by atoms with van der Waals surface area (Å²) in [5.74, 6) is -0.274. The van der Waals surface area contributed by atoms with E-state index in [9.17, 15) is 10.1 Å². The molecule has 6 heteroatoms. The van der Waals surface area contributed by atoms with E-state index in [0.29, 0.717) is 15.6 Å². The number of allylic oxidation sites excluding steroid dienone is 1. The van der Waals surface area contributed by atoms with Gasteiger partial charge in [0.2, 0.25) is 5.78 Å². The topological polar surface area (TPSA) is 53.8 Å². The van der Waals surface area contributed by atoms with Gasteiger partial charge in [-0.05, 0) is 29.7 Å². The average molecular weight is 357 g/mol. The number of aromatic nitrogens is 1. The Labute approximate surface area is 146 Å². The number of nitriles is 1. The summed E-state index contributed by atoms with van der Waals surface area (Å²) in [6.07, 6.45) is 1.53. The third kappa shape index (κ3) is 3.57. The molecule has 0 saturated carbocycles. The summed E-state index contributed by atoms with van der Waals surface area (Å²) in [5.41, 5.74) is 1.63. The third-order valence-corrected chi connectivity index (χ3v) is 5.05. The summed E-state index contributed by atoms with van der Waals surface area (Å²) in [6, 6.07) is 12.8. The number of carbonyl (C=O) groups is 1. The second-order valence-corrected chi connectivity index (χ2v) is 6.80. The third-order valence-electron chi connectivity index (χ3n) is 3.02. The largest absolute Gasteiger partial charge is 0.287 e. The van der Waals surface area contributed by atoms with E-state index in [1.165, 1.54) is 28.7 Å². The highest BCUT2D eigenvalue weighted by molar-refractivity contribution is 7.13. The number of hydrogen-bond donors (Lipinski definition) is 0. The molecule has 0 bridgehead atoms. The van der Waals surface area contributed by atoms with Crippen molar-refractivity contribution in [2.45, 2.75) is 0 Å². The van der Waals surface area contributed by atoms with E-state index in [0.717, 1.165) is 10.6 Å². The molecular formula is C17H9ClN2OS2. The van der Waals surface area contributed by atoms with Gasteiger partial charge in [0.25, 0.3) is 0 Å². The van der Waals surface area contributed by atoms with Crippen LogP contribution in [0.2, 0.25) is 5.02 Å². The predicted octanol–water partition coefficient (Wildman–Crippen LogP) is 5.31. The number of halogens is 1. The summed E-state index contributed by atoms with van der Waals surface area (Å²) in [7, 11) is 0. The Kier molecular flexibility index (Phi) is 4.68. The maximum absolute atomic E-state index is 12.2. The summed E-state index contributed by atoms with van der Waals surface area (Å²) >= 11 is 8.65. The predicted molar refractivity (Wildman–Crippen MR) is 94.8 cm³/mol. The van der Waals surface area contributed by atoms with Crippen molar-refractivity contribution in [1.82, 2.24) is 4.98 Å². The van der Waals surface area contributed by atoms with Gasteiger partial charge in [-0.2, -0.15) is 5.26 Å². The molecule has 0 spiro atoms. The van der Waals surface area contributed by atoms with Crippen LogP contribution in [0.3, 0.4) is 0 Å². The normalized spacial score (nSPS) is 11.2. The highest BCUT2D eigenvalue weighted by Gasteiger charge is 2.14. The highest BCUT2D eigenvalue weighted by atomic mass is 35.5. The van der Waals surface area contributed by atoms with Gasteiger partial charge >= 0.3 is 0 Å². The fraction of sp³-hybridized carbons (Fsp3) is 0. The van der Waals surface area contributed by atoms with Gasteiger partial charge in [-0.3, -0.25) is 4.79 Å². The van der Waals surface area contributed by atoms with Crippen molar-refractivity contribution in [2.24, 2.45) is 0 Å². The number of nitrogens with zero attached hydrogens (tertiary/aromatic N) is 2. The maximum Gasteiger partial charge on any atom is 0.213 e. The lowest BCUT2D eigenvalue weighted by atomic mass is 10.1. The first-order valence-corrected chi connectivity index (χ1v) is 8.72. The number of thiophene rings is 1. The van der Waals surface area contributed by atoms with Gasteiger partial charge in [0.1, 0.15) is 16.6 Å². The van der Waals surface area contributed by atoms with Crippen molar-refractivity contribution in [3.8, 4) is 16.6 Å². The molecule has 0 atom stereocenters. The molecule has 23 heavy (non-hydrogen) atoms. The van der Waals surface area contributed by atoms with Crippen LogP contribution >= 0.6 is 34.3 Å². The zero-order valence-electron chi connectivity index (χ0n) is 11.7. The molecule has 0 amide bonds.